The molecule has 0 N–H and O–H groups in total. The van der Waals surface area contributed by atoms with Gasteiger partial charge in [0.2, 0.25) is 0 Å². The van der Waals surface area contributed by atoms with E-state index in [0.29, 0.717) is 5.69 Å². The summed E-state index contributed by atoms with van der Waals surface area (Å²) in [5.41, 5.74) is 0.529. The fourth-order valence-corrected chi connectivity index (χ4v) is 1.78. The highest BCUT2D eigenvalue weighted by atomic mass is 16.6. The molecular formula is C13H12N2O4. The van der Waals surface area contributed by atoms with Crippen molar-refractivity contribution in [2.24, 2.45) is 0 Å². The van der Waals surface area contributed by atoms with E-state index in [0.717, 1.165) is 0 Å². The van der Waals surface area contributed by atoms with Crippen molar-refractivity contribution in [3.8, 4) is 5.69 Å². The van der Waals surface area contributed by atoms with Crippen LogP contribution in [0.25, 0.3) is 5.69 Å². The lowest BCUT2D eigenvalue weighted by molar-refractivity contribution is -0.384. The minimum atomic E-state index is -0.509. The van der Waals surface area contributed by atoms with Crippen LogP contribution in [0.1, 0.15) is 17.4 Å². The molecule has 19 heavy (non-hydrogen) atoms. The molecule has 1 aromatic carbocycles. The van der Waals surface area contributed by atoms with E-state index in [2.05, 4.69) is 0 Å². The maximum Gasteiger partial charge on any atom is 0.355 e. The third kappa shape index (κ3) is 2.47. The number of hydrogen-bond donors (Lipinski definition) is 0. The molecule has 0 aliphatic carbocycles. The summed E-state index contributed by atoms with van der Waals surface area (Å²) in [5.74, 6) is -0.509. The van der Waals surface area contributed by atoms with Gasteiger partial charge in [-0.25, -0.2) is 4.79 Å². The van der Waals surface area contributed by atoms with E-state index in [1.807, 2.05) is 0 Å². The molecule has 0 spiro atoms. The van der Waals surface area contributed by atoms with E-state index in [1.54, 1.807) is 43.5 Å². The van der Waals surface area contributed by atoms with Crippen molar-refractivity contribution in [2.45, 2.75) is 6.92 Å². The molecule has 6 heteroatoms. The molecule has 6 nitrogen and oxygen atoms in total. The summed E-state index contributed by atoms with van der Waals surface area (Å²) in [6.07, 6.45) is 1.59. The van der Waals surface area contributed by atoms with Gasteiger partial charge in [-0.2, -0.15) is 0 Å². The van der Waals surface area contributed by atoms with Crippen LogP contribution in [0.2, 0.25) is 0 Å². The van der Waals surface area contributed by atoms with Crippen LogP contribution < -0.4 is 0 Å². The summed E-state index contributed by atoms with van der Waals surface area (Å²) in [5, 5.41) is 11.0. The van der Waals surface area contributed by atoms with Gasteiger partial charge in [0.15, 0.2) is 0 Å². The van der Waals surface area contributed by atoms with Crippen LogP contribution in [0, 0.1) is 10.1 Å². The van der Waals surface area contributed by atoms with E-state index >= 15 is 0 Å². The Labute approximate surface area is 109 Å². The molecule has 0 radical (unpaired) electrons. The molecular weight excluding hydrogens is 248 g/mol. The minimum absolute atomic E-state index is 0.0655. The molecule has 2 rings (SSSR count). The lowest BCUT2D eigenvalue weighted by Crippen LogP contribution is -2.11. The smallest absolute Gasteiger partial charge is 0.355 e. The van der Waals surface area contributed by atoms with E-state index in [9.17, 15) is 14.9 Å². The second kappa shape index (κ2) is 5.34. The summed E-state index contributed by atoms with van der Waals surface area (Å²) in [7, 11) is 0. The van der Waals surface area contributed by atoms with Gasteiger partial charge < -0.3 is 9.30 Å². The number of nitrogens with zero attached hydrogens (tertiary/aromatic N) is 2. The highest BCUT2D eigenvalue weighted by Crippen LogP contribution is 2.24. The van der Waals surface area contributed by atoms with E-state index < -0.39 is 10.9 Å². The number of para-hydroxylation sites is 2. The molecule has 0 aliphatic heterocycles. The van der Waals surface area contributed by atoms with Gasteiger partial charge in [0, 0.05) is 12.3 Å². The SMILES string of the molecule is CCOC(=O)c1cccn1-c1ccccc1[N+](=O)[O-]. The Bertz CT molecular complexity index is 619. The quantitative estimate of drug-likeness (QED) is 0.481. The number of nitro groups is 1. The maximum absolute atomic E-state index is 11.8. The number of carbonyl (C=O) groups excluding carboxylic acids is 1. The van der Waals surface area contributed by atoms with Crippen LogP contribution in [0.4, 0.5) is 5.69 Å². The number of aromatic nitrogens is 1. The first kappa shape index (κ1) is 12.8. The molecule has 0 saturated heterocycles. The van der Waals surface area contributed by atoms with Crippen molar-refractivity contribution in [1.82, 2.24) is 4.57 Å². The van der Waals surface area contributed by atoms with Crippen molar-refractivity contribution in [3.05, 3.63) is 58.4 Å². The highest BCUT2D eigenvalue weighted by molar-refractivity contribution is 5.88. The zero-order chi connectivity index (χ0) is 13.8. The molecule has 0 bridgehead atoms. The second-order valence-corrected chi connectivity index (χ2v) is 3.73. The number of esters is 1. The Balaban J connectivity index is 2.52. The van der Waals surface area contributed by atoms with Gasteiger partial charge in [-0.1, -0.05) is 12.1 Å². The van der Waals surface area contributed by atoms with Crippen LogP contribution in [-0.2, 0) is 4.74 Å². The molecule has 98 valence electrons. The predicted octanol–water partition coefficient (Wildman–Crippen LogP) is 2.56. The molecule has 0 atom stereocenters. The average molecular weight is 260 g/mol. The second-order valence-electron chi connectivity index (χ2n) is 3.73. The maximum atomic E-state index is 11.8. The van der Waals surface area contributed by atoms with Crippen molar-refractivity contribution in [3.63, 3.8) is 0 Å². The predicted molar refractivity (Wildman–Crippen MR) is 68.4 cm³/mol. The average Bonchev–Trinajstić information content (AvgIpc) is 2.88. The number of ether oxygens (including phenoxy) is 1. The Kier molecular flexibility index (Phi) is 3.61. The number of rotatable bonds is 4. The molecule has 0 amide bonds. The Morgan fingerprint density at radius 3 is 2.74 bits per heavy atom. The normalized spacial score (nSPS) is 10.2. The number of benzene rings is 1. The van der Waals surface area contributed by atoms with Gasteiger partial charge in [-0.3, -0.25) is 10.1 Å². The summed E-state index contributed by atoms with van der Waals surface area (Å²) in [6, 6.07) is 9.44. The van der Waals surface area contributed by atoms with Crippen LogP contribution >= 0.6 is 0 Å². The van der Waals surface area contributed by atoms with Gasteiger partial charge in [0.25, 0.3) is 5.69 Å². The zero-order valence-electron chi connectivity index (χ0n) is 10.3. The molecule has 0 fully saturated rings. The third-order valence-corrected chi connectivity index (χ3v) is 2.57. The van der Waals surface area contributed by atoms with Crippen LogP contribution in [0.15, 0.2) is 42.6 Å². The van der Waals surface area contributed by atoms with E-state index in [1.165, 1.54) is 10.6 Å². The van der Waals surface area contributed by atoms with Gasteiger partial charge >= 0.3 is 5.97 Å². The number of nitro benzene ring substituents is 1. The monoisotopic (exact) mass is 260 g/mol. The largest absolute Gasteiger partial charge is 0.461 e. The molecule has 0 saturated carbocycles. The zero-order valence-corrected chi connectivity index (χ0v) is 10.3. The molecule has 0 unspecified atom stereocenters. The van der Waals surface area contributed by atoms with Gasteiger partial charge in [0.05, 0.1) is 11.5 Å². The van der Waals surface area contributed by atoms with Crippen molar-refractivity contribution in [1.29, 1.82) is 0 Å². The summed E-state index contributed by atoms with van der Waals surface area (Å²) < 4.78 is 6.37. The fourth-order valence-electron chi connectivity index (χ4n) is 1.78. The first-order valence-corrected chi connectivity index (χ1v) is 5.73. The standard InChI is InChI=1S/C13H12N2O4/c1-2-19-13(16)12-8-5-9-14(12)10-6-3-4-7-11(10)15(17)18/h3-9H,2H2,1H3. The molecule has 0 aliphatic rings. The van der Waals surface area contributed by atoms with Crippen LogP contribution in [-0.4, -0.2) is 22.1 Å². The van der Waals surface area contributed by atoms with Gasteiger partial charge in [0.1, 0.15) is 11.4 Å². The molecule has 1 heterocycles. The van der Waals surface area contributed by atoms with Crippen LogP contribution in [0.5, 0.6) is 0 Å². The van der Waals surface area contributed by atoms with Crippen molar-refractivity contribution >= 4 is 11.7 Å². The first-order chi connectivity index (χ1) is 9.15. The number of hydrogen-bond acceptors (Lipinski definition) is 4. The Morgan fingerprint density at radius 1 is 1.32 bits per heavy atom. The van der Waals surface area contributed by atoms with E-state index in [-0.39, 0.29) is 18.0 Å². The summed E-state index contributed by atoms with van der Waals surface area (Å²) >= 11 is 0. The summed E-state index contributed by atoms with van der Waals surface area (Å²) in [4.78, 5) is 22.3. The van der Waals surface area contributed by atoms with Crippen LogP contribution in [0.3, 0.4) is 0 Å². The van der Waals surface area contributed by atoms with Gasteiger partial charge in [-0.05, 0) is 25.1 Å². The lowest BCUT2D eigenvalue weighted by atomic mass is 10.2. The first-order valence-electron chi connectivity index (χ1n) is 5.73. The van der Waals surface area contributed by atoms with Crippen molar-refractivity contribution in [2.75, 3.05) is 6.61 Å². The summed E-state index contributed by atoms with van der Waals surface area (Å²) in [6.45, 7) is 1.96. The van der Waals surface area contributed by atoms with E-state index in [4.69, 9.17) is 4.74 Å². The third-order valence-electron chi connectivity index (χ3n) is 2.57. The Hall–Kier alpha value is -2.63. The van der Waals surface area contributed by atoms with Crippen molar-refractivity contribution < 1.29 is 14.5 Å². The Morgan fingerprint density at radius 2 is 2.05 bits per heavy atom. The fraction of sp³-hybridized carbons (Fsp3) is 0.154. The topological polar surface area (TPSA) is 74.4 Å². The lowest BCUT2D eigenvalue weighted by Gasteiger charge is -2.08. The minimum Gasteiger partial charge on any atom is -0.461 e. The highest BCUT2D eigenvalue weighted by Gasteiger charge is 2.19. The number of carbonyl (C=O) groups is 1. The van der Waals surface area contributed by atoms with Gasteiger partial charge in [-0.15, -0.1) is 0 Å². The molecule has 2 aromatic rings. The molecule has 1 aromatic heterocycles.